The molecular weight excluding hydrogens is 308 g/mol. The largest absolute Gasteiger partial charge is 0.390 e. The molecule has 1 atom stereocenters. The molecule has 2 aliphatic rings. The molecule has 6 heteroatoms. The normalized spacial score (nSPS) is 22.7. The molecule has 3 rings (SSSR count). The first kappa shape index (κ1) is 14.9. The molecule has 1 unspecified atom stereocenters. The van der Waals surface area contributed by atoms with Gasteiger partial charge in [0.15, 0.2) is 0 Å². The lowest BCUT2D eigenvalue weighted by atomic mass is 9.84. The summed E-state index contributed by atoms with van der Waals surface area (Å²) >= 11 is 7.12. The number of hydrogen-bond donors (Lipinski definition) is 1. The van der Waals surface area contributed by atoms with Crippen LogP contribution in [0, 0.1) is 5.92 Å². The van der Waals surface area contributed by atoms with Crippen LogP contribution >= 0.6 is 22.9 Å². The minimum Gasteiger partial charge on any atom is -0.390 e. The number of oxime groups is 1. The summed E-state index contributed by atoms with van der Waals surface area (Å²) in [6.45, 7) is 0.494. The fourth-order valence-electron chi connectivity index (χ4n) is 2.97. The van der Waals surface area contributed by atoms with E-state index in [4.69, 9.17) is 16.4 Å². The van der Waals surface area contributed by atoms with E-state index in [2.05, 4.69) is 10.5 Å². The predicted molar refractivity (Wildman–Crippen MR) is 85.2 cm³/mol. The van der Waals surface area contributed by atoms with Gasteiger partial charge < -0.3 is 10.2 Å². The third-order valence-corrected chi connectivity index (χ3v) is 5.35. The van der Waals surface area contributed by atoms with Gasteiger partial charge in [-0.2, -0.15) is 0 Å². The van der Waals surface area contributed by atoms with Crippen molar-refractivity contribution in [2.45, 2.75) is 44.6 Å². The Bertz CT molecular complexity index is 538. The second-order valence-corrected chi connectivity index (χ2v) is 7.38. The zero-order valence-corrected chi connectivity index (χ0v) is 13.4. The summed E-state index contributed by atoms with van der Waals surface area (Å²) in [6, 6.07) is 3.47. The first-order chi connectivity index (χ1) is 10.2. The van der Waals surface area contributed by atoms with Crippen molar-refractivity contribution in [1.29, 1.82) is 0 Å². The molecule has 1 amide bonds. The summed E-state index contributed by atoms with van der Waals surface area (Å²) < 4.78 is 0.625. The predicted octanol–water partition coefficient (Wildman–Crippen LogP) is 3.86. The summed E-state index contributed by atoms with van der Waals surface area (Å²) in [5, 5.41) is 7.13. The fourth-order valence-corrected chi connectivity index (χ4v) is 3.93. The molecule has 0 radical (unpaired) electrons. The molecule has 1 fully saturated rings. The van der Waals surface area contributed by atoms with E-state index in [1.165, 1.54) is 49.2 Å². The van der Waals surface area contributed by atoms with E-state index in [1.807, 2.05) is 0 Å². The third-order valence-electron chi connectivity index (χ3n) is 4.12. The zero-order valence-electron chi connectivity index (χ0n) is 11.8. The maximum absolute atomic E-state index is 11.9. The van der Waals surface area contributed by atoms with Crippen LogP contribution in [0.3, 0.4) is 0 Å². The molecule has 4 nitrogen and oxygen atoms in total. The van der Waals surface area contributed by atoms with Gasteiger partial charge in [-0.05, 0) is 25.0 Å². The van der Waals surface area contributed by atoms with Crippen molar-refractivity contribution >= 4 is 34.6 Å². The van der Waals surface area contributed by atoms with E-state index in [0.29, 0.717) is 21.7 Å². The van der Waals surface area contributed by atoms with Crippen LogP contribution in [-0.4, -0.2) is 24.3 Å². The van der Waals surface area contributed by atoms with Crippen molar-refractivity contribution in [2.24, 2.45) is 11.1 Å². The number of nitrogens with zero attached hydrogens (tertiary/aromatic N) is 1. The molecule has 1 aliphatic heterocycles. The molecule has 2 heterocycles. The number of amides is 1. The van der Waals surface area contributed by atoms with Crippen molar-refractivity contribution in [3.8, 4) is 0 Å². The first-order valence-electron chi connectivity index (χ1n) is 7.48. The van der Waals surface area contributed by atoms with Crippen LogP contribution in [0.5, 0.6) is 0 Å². The van der Waals surface area contributed by atoms with E-state index in [9.17, 15) is 4.79 Å². The van der Waals surface area contributed by atoms with Gasteiger partial charge in [0, 0.05) is 12.3 Å². The first-order valence-corrected chi connectivity index (χ1v) is 8.68. The van der Waals surface area contributed by atoms with Crippen molar-refractivity contribution in [3.63, 3.8) is 0 Å². The minimum absolute atomic E-state index is 0.0266. The Morgan fingerprint density at radius 3 is 2.90 bits per heavy atom. The van der Waals surface area contributed by atoms with Crippen molar-refractivity contribution < 1.29 is 9.63 Å². The molecule has 1 N–H and O–H groups in total. The Labute approximate surface area is 133 Å². The maximum atomic E-state index is 11.9. The molecule has 0 saturated heterocycles. The third kappa shape index (κ3) is 3.77. The summed E-state index contributed by atoms with van der Waals surface area (Å²) in [5.74, 6) is 0.497. The maximum Gasteiger partial charge on any atom is 0.261 e. The Hall–Kier alpha value is -1.07. The standard InChI is InChI=1S/C15H19ClN2O2S/c16-14-7-6-13(21-14)15(19)17-9-11-8-12(18-20-11)10-4-2-1-3-5-10/h6-7,10-11H,1-5,8-9H2,(H,17,19). The number of halogens is 1. The van der Waals surface area contributed by atoms with Gasteiger partial charge >= 0.3 is 0 Å². The average molecular weight is 327 g/mol. The molecular formula is C15H19ClN2O2S. The lowest BCUT2D eigenvalue weighted by Crippen LogP contribution is -2.32. The fraction of sp³-hybridized carbons (Fsp3) is 0.600. The molecule has 1 aliphatic carbocycles. The molecule has 0 spiro atoms. The lowest BCUT2D eigenvalue weighted by molar-refractivity contribution is 0.0755. The van der Waals surface area contributed by atoms with Crippen molar-refractivity contribution in [2.75, 3.05) is 6.54 Å². The number of rotatable bonds is 4. The van der Waals surface area contributed by atoms with Gasteiger partial charge in [-0.25, -0.2) is 0 Å². The Kier molecular flexibility index (Phi) is 4.80. The highest BCUT2D eigenvalue weighted by atomic mass is 35.5. The quantitative estimate of drug-likeness (QED) is 0.913. The molecule has 21 heavy (non-hydrogen) atoms. The molecule has 1 saturated carbocycles. The van der Waals surface area contributed by atoms with Gasteiger partial charge in [0.05, 0.1) is 21.5 Å². The van der Waals surface area contributed by atoms with Gasteiger partial charge in [-0.1, -0.05) is 36.0 Å². The van der Waals surface area contributed by atoms with Crippen LogP contribution in [-0.2, 0) is 4.84 Å². The van der Waals surface area contributed by atoms with Gasteiger partial charge in [-0.3, -0.25) is 4.79 Å². The van der Waals surface area contributed by atoms with E-state index < -0.39 is 0 Å². The van der Waals surface area contributed by atoms with Crippen LogP contribution in [0.2, 0.25) is 4.34 Å². The number of carbonyl (C=O) groups excluding carboxylic acids is 1. The number of hydrogen-bond acceptors (Lipinski definition) is 4. The topological polar surface area (TPSA) is 50.7 Å². The van der Waals surface area contributed by atoms with Crippen molar-refractivity contribution in [1.82, 2.24) is 5.32 Å². The van der Waals surface area contributed by atoms with Crippen molar-refractivity contribution in [3.05, 3.63) is 21.3 Å². The molecule has 114 valence electrons. The van der Waals surface area contributed by atoms with E-state index in [0.717, 1.165) is 6.42 Å². The molecule has 1 aromatic heterocycles. The molecule has 0 aromatic carbocycles. The van der Waals surface area contributed by atoms with Crippen LogP contribution in [0.1, 0.15) is 48.2 Å². The Morgan fingerprint density at radius 1 is 1.38 bits per heavy atom. The smallest absolute Gasteiger partial charge is 0.261 e. The second-order valence-electron chi connectivity index (χ2n) is 5.66. The number of nitrogens with one attached hydrogen (secondary N) is 1. The van der Waals surface area contributed by atoms with Crippen LogP contribution in [0.15, 0.2) is 17.3 Å². The van der Waals surface area contributed by atoms with Gasteiger partial charge in [-0.15, -0.1) is 11.3 Å². The van der Waals surface area contributed by atoms with Crippen LogP contribution in [0.25, 0.3) is 0 Å². The summed E-state index contributed by atoms with van der Waals surface area (Å²) in [6.07, 6.45) is 7.21. The lowest BCUT2D eigenvalue weighted by Gasteiger charge is -2.20. The summed E-state index contributed by atoms with van der Waals surface area (Å²) in [7, 11) is 0. The highest BCUT2D eigenvalue weighted by Crippen LogP contribution is 2.29. The van der Waals surface area contributed by atoms with E-state index >= 15 is 0 Å². The monoisotopic (exact) mass is 326 g/mol. The van der Waals surface area contributed by atoms with Gasteiger partial charge in [0.25, 0.3) is 5.91 Å². The van der Waals surface area contributed by atoms with Crippen LogP contribution in [0.4, 0.5) is 0 Å². The number of thiophene rings is 1. The second kappa shape index (κ2) is 6.79. The van der Waals surface area contributed by atoms with Gasteiger partial charge in [0.2, 0.25) is 0 Å². The van der Waals surface area contributed by atoms with Crippen LogP contribution < -0.4 is 5.32 Å². The highest BCUT2D eigenvalue weighted by Gasteiger charge is 2.28. The number of carbonyl (C=O) groups is 1. The summed E-state index contributed by atoms with van der Waals surface area (Å²) in [4.78, 5) is 18.0. The Morgan fingerprint density at radius 2 is 2.19 bits per heavy atom. The van der Waals surface area contributed by atoms with E-state index in [-0.39, 0.29) is 12.0 Å². The van der Waals surface area contributed by atoms with Gasteiger partial charge in [0.1, 0.15) is 6.10 Å². The highest BCUT2D eigenvalue weighted by molar-refractivity contribution is 7.17. The molecule has 1 aromatic rings. The summed E-state index contributed by atoms with van der Waals surface area (Å²) in [5.41, 5.74) is 1.19. The van der Waals surface area contributed by atoms with E-state index in [1.54, 1.807) is 12.1 Å². The average Bonchev–Trinajstić information content (AvgIpc) is 3.15. The molecule has 0 bridgehead atoms. The SMILES string of the molecule is O=C(NCC1CC(C2CCCCC2)=NO1)c1ccc(Cl)s1. The minimum atomic E-state index is -0.0957. The zero-order chi connectivity index (χ0) is 14.7. The Balaban J connectivity index is 1.44.